The van der Waals surface area contributed by atoms with E-state index in [0.717, 1.165) is 49.8 Å². The summed E-state index contributed by atoms with van der Waals surface area (Å²) in [6.07, 6.45) is 1.23. The van der Waals surface area contributed by atoms with Gasteiger partial charge in [-0.3, -0.25) is 34.1 Å². The summed E-state index contributed by atoms with van der Waals surface area (Å²) < 4.78 is 25.7. The fourth-order valence-corrected chi connectivity index (χ4v) is 10.3. The lowest BCUT2D eigenvalue weighted by atomic mass is 9.98. The number of halogens is 2. The fraction of sp³-hybridized carbons (Fsp3) is 0.353. The number of ether oxygens (including phenoxy) is 1. The van der Waals surface area contributed by atoms with Crippen LogP contribution in [0.25, 0.3) is 43.8 Å². The number of imide groups is 1. The summed E-state index contributed by atoms with van der Waals surface area (Å²) in [6, 6.07) is 16.4. The number of carboxylic acid groups (broad SMARTS) is 1. The lowest BCUT2D eigenvalue weighted by Crippen LogP contribution is -2.52. The maximum atomic E-state index is 14.0. The minimum Gasteiger partial charge on any atom is -0.493 e. The number of aromatic nitrogens is 5. The zero-order valence-electron chi connectivity index (χ0n) is 39.1. The SMILES string of the molecule is Cc1nn(C)c(C)c1-c1c(Cl)ccc2c(CCCOc3cccc4cc(F)ccc34)c(C(=O)O)n(CCN3CCN(C(=O)Cn4c(C)nc5c(C(=O)NC6CCC(=O)NC6=O)ccc(C)c54)CC3)c12. The van der Waals surface area contributed by atoms with Crippen LogP contribution >= 0.6 is 11.6 Å². The number of aryl methyl sites for hydroxylation is 5. The van der Waals surface area contributed by atoms with Crippen molar-refractivity contribution in [3.8, 4) is 16.9 Å². The lowest BCUT2D eigenvalue weighted by molar-refractivity contribution is -0.135. The molecule has 9 rings (SSSR count). The molecule has 7 aromatic rings. The number of piperazine rings is 1. The van der Waals surface area contributed by atoms with Gasteiger partial charge in [-0.2, -0.15) is 5.10 Å². The zero-order chi connectivity index (χ0) is 48.8. The van der Waals surface area contributed by atoms with Crippen LogP contribution in [-0.4, -0.2) is 114 Å². The van der Waals surface area contributed by atoms with Crippen LogP contribution < -0.4 is 15.4 Å². The Morgan fingerprint density at radius 3 is 2.42 bits per heavy atom. The summed E-state index contributed by atoms with van der Waals surface area (Å²) in [5, 5.41) is 23.4. The Labute approximate surface area is 401 Å². The molecular weight excluding hydrogens is 905 g/mol. The van der Waals surface area contributed by atoms with Crippen LogP contribution in [0.15, 0.2) is 60.7 Å². The normalized spacial score (nSPS) is 15.6. The van der Waals surface area contributed by atoms with Gasteiger partial charge in [-0.15, -0.1) is 0 Å². The number of piperidine rings is 1. The van der Waals surface area contributed by atoms with E-state index >= 15 is 0 Å². The molecule has 5 heterocycles. The first-order valence-electron chi connectivity index (χ1n) is 23.1. The van der Waals surface area contributed by atoms with Crippen molar-refractivity contribution in [3.63, 3.8) is 0 Å². The molecule has 4 aromatic carbocycles. The minimum absolute atomic E-state index is 0.00513. The molecule has 4 amide bonds. The molecule has 16 nitrogen and oxygen atoms in total. The highest BCUT2D eigenvalue weighted by atomic mass is 35.5. The van der Waals surface area contributed by atoms with Crippen LogP contribution in [0, 0.1) is 33.5 Å². The highest BCUT2D eigenvalue weighted by molar-refractivity contribution is 6.35. The summed E-state index contributed by atoms with van der Waals surface area (Å²) in [5.41, 5.74) is 6.96. The zero-order valence-corrected chi connectivity index (χ0v) is 39.9. The molecule has 0 aliphatic carbocycles. The van der Waals surface area contributed by atoms with Gasteiger partial charge in [0, 0.05) is 80.3 Å². The van der Waals surface area contributed by atoms with Gasteiger partial charge in [0.15, 0.2) is 0 Å². The quantitative estimate of drug-likeness (QED) is 0.0787. The van der Waals surface area contributed by atoms with Crippen molar-refractivity contribution in [2.24, 2.45) is 7.05 Å². The molecular formula is C51H53ClFN9O7. The van der Waals surface area contributed by atoms with E-state index in [9.17, 15) is 33.5 Å². The van der Waals surface area contributed by atoms with Gasteiger partial charge in [0.25, 0.3) is 5.91 Å². The number of rotatable bonds is 14. The molecule has 0 radical (unpaired) electrons. The van der Waals surface area contributed by atoms with Crippen LogP contribution in [-0.2, 0) is 40.9 Å². The first-order valence-corrected chi connectivity index (χ1v) is 23.5. The van der Waals surface area contributed by atoms with Crippen LogP contribution in [0.5, 0.6) is 5.75 Å². The number of hydrogen-bond acceptors (Lipinski definition) is 9. The largest absolute Gasteiger partial charge is 0.493 e. The van der Waals surface area contributed by atoms with E-state index in [1.807, 2.05) is 72.2 Å². The smallest absolute Gasteiger partial charge is 0.352 e. The number of amides is 4. The number of nitrogens with zero attached hydrogens (tertiary/aromatic N) is 7. The van der Waals surface area contributed by atoms with Crippen LogP contribution in [0.4, 0.5) is 4.39 Å². The molecule has 69 heavy (non-hydrogen) atoms. The third-order valence-corrected chi connectivity index (χ3v) is 13.9. The Morgan fingerprint density at radius 1 is 0.928 bits per heavy atom. The van der Waals surface area contributed by atoms with E-state index in [4.69, 9.17) is 21.3 Å². The van der Waals surface area contributed by atoms with E-state index < -0.39 is 23.8 Å². The van der Waals surface area contributed by atoms with E-state index in [1.54, 1.807) is 29.8 Å². The van der Waals surface area contributed by atoms with Gasteiger partial charge < -0.3 is 29.2 Å². The second kappa shape index (κ2) is 19.1. The van der Waals surface area contributed by atoms with Crippen LogP contribution in [0.2, 0.25) is 5.02 Å². The summed E-state index contributed by atoms with van der Waals surface area (Å²) in [5.74, 6) is -1.74. The number of imidazole rings is 1. The summed E-state index contributed by atoms with van der Waals surface area (Å²) in [7, 11) is 1.87. The summed E-state index contributed by atoms with van der Waals surface area (Å²) >= 11 is 7.08. The number of benzene rings is 4. The molecule has 0 spiro atoms. The number of carbonyl (C=O) groups is 5. The standard InChI is InChI=1S/C51H53ClFN9O7/c1-28-11-13-37(49(65)55-39-17-18-41(63)56-50(39)66)45-46(28)62(31(4)54-45)27-42(64)60-22-19-59(20-23-60)21-24-61-47-36(15-16-38(52)44(47)43-29(2)57-58(5)30(43)3)35(48(61)51(67)68)9-7-25-69-40-10-6-8-32-26-33(53)12-14-34(32)40/h6,8,10-16,26,39H,7,9,17-25,27H2,1-5H3,(H,55,65)(H,67,68)(H,56,63,66). The molecule has 2 aliphatic rings. The van der Waals surface area contributed by atoms with E-state index in [0.29, 0.717) is 91.9 Å². The van der Waals surface area contributed by atoms with Gasteiger partial charge in [-0.25, -0.2) is 14.2 Å². The Balaban J connectivity index is 0.925. The van der Waals surface area contributed by atoms with E-state index in [1.165, 1.54) is 12.1 Å². The lowest BCUT2D eigenvalue weighted by Gasteiger charge is -2.35. The average molecular weight is 958 g/mol. The fourth-order valence-electron chi connectivity index (χ4n) is 10.0. The van der Waals surface area contributed by atoms with Gasteiger partial charge in [-0.05, 0) is 99.9 Å². The Kier molecular flexibility index (Phi) is 13.0. The minimum atomic E-state index is -1.06. The molecule has 18 heteroatoms. The molecule has 2 saturated heterocycles. The van der Waals surface area contributed by atoms with Gasteiger partial charge >= 0.3 is 5.97 Å². The molecule has 2 aliphatic heterocycles. The maximum Gasteiger partial charge on any atom is 0.352 e. The first-order chi connectivity index (χ1) is 33.1. The van der Waals surface area contributed by atoms with E-state index in [2.05, 4.69) is 20.6 Å². The molecule has 2 fully saturated rings. The van der Waals surface area contributed by atoms with Gasteiger partial charge in [0.2, 0.25) is 17.7 Å². The number of fused-ring (bicyclic) bond motifs is 3. The molecule has 358 valence electrons. The van der Waals surface area contributed by atoms with Crippen molar-refractivity contribution in [2.45, 2.75) is 72.5 Å². The number of hydrogen-bond donors (Lipinski definition) is 3. The van der Waals surface area contributed by atoms with Crippen LogP contribution in [0.3, 0.4) is 0 Å². The van der Waals surface area contributed by atoms with Crippen molar-refractivity contribution in [1.82, 2.24) is 44.3 Å². The van der Waals surface area contributed by atoms with Gasteiger partial charge in [0.1, 0.15) is 41.2 Å². The monoisotopic (exact) mass is 957 g/mol. The maximum absolute atomic E-state index is 14.0. The van der Waals surface area contributed by atoms with Crippen molar-refractivity contribution in [1.29, 1.82) is 0 Å². The van der Waals surface area contributed by atoms with Crippen molar-refractivity contribution < 1.29 is 38.2 Å². The average Bonchev–Trinajstić information content (AvgIpc) is 3.91. The van der Waals surface area contributed by atoms with Crippen LogP contribution in [0.1, 0.15) is 68.4 Å². The molecule has 1 atom stereocenters. The Bertz CT molecular complexity index is 3240. The number of nitrogens with one attached hydrogen (secondary N) is 2. The summed E-state index contributed by atoms with van der Waals surface area (Å²) in [6.45, 7) is 10.7. The molecule has 0 bridgehead atoms. The molecule has 3 N–H and O–H groups in total. The highest BCUT2D eigenvalue weighted by Gasteiger charge is 2.31. The first kappa shape index (κ1) is 47.0. The van der Waals surface area contributed by atoms with Gasteiger partial charge in [0.05, 0.1) is 33.9 Å². The van der Waals surface area contributed by atoms with Gasteiger partial charge in [-0.1, -0.05) is 35.9 Å². The second-order valence-corrected chi connectivity index (χ2v) is 18.3. The van der Waals surface area contributed by atoms with Crippen molar-refractivity contribution in [3.05, 3.63) is 111 Å². The number of aromatic carboxylic acids is 1. The third kappa shape index (κ3) is 9.03. The molecule has 1 unspecified atom stereocenters. The molecule has 0 saturated carbocycles. The van der Waals surface area contributed by atoms with E-state index in [-0.39, 0.29) is 48.3 Å². The number of carboxylic acids is 1. The predicted molar refractivity (Wildman–Crippen MR) is 259 cm³/mol. The predicted octanol–water partition coefficient (Wildman–Crippen LogP) is 6.66. The van der Waals surface area contributed by atoms with Crippen molar-refractivity contribution >= 4 is 73.9 Å². The second-order valence-electron chi connectivity index (χ2n) is 17.9. The Hall–Kier alpha value is -7.11. The summed E-state index contributed by atoms with van der Waals surface area (Å²) in [4.78, 5) is 73.7. The Morgan fingerprint density at radius 2 is 1.70 bits per heavy atom. The van der Waals surface area contributed by atoms with Crippen molar-refractivity contribution in [2.75, 3.05) is 39.3 Å². The highest BCUT2D eigenvalue weighted by Crippen LogP contribution is 2.42. The number of carbonyl (C=O) groups excluding carboxylic acids is 4. The topological polar surface area (TPSA) is 186 Å². The molecule has 3 aromatic heterocycles. The third-order valence-electron chi connectivity index (χ3n) is 13.6.